The Balaban J connectivity index is 0.882. The van der Waals surface area contributed by atoms with Crippen molar-refractivity contribution in [1.29, 1.82) is 5.26 Å². The zero-order valence-corrected chi connectivity index (χ0v) is 34.5. The largest absolute Gasteiger partial charge is 0.494 e. The number of hydrogen-bond donors (Lipinski definition) is 1. The topological polar surface area (TPSA) is 162 Å². The number of nitrogens with zero attached hydrogens (tertiary/aromatic N) is 6. The van der Waals surface area contributed by atoms with Crippen molar-refractivity contribution in [2.75, 3.05) is 50.8 Å². The van der Waals surface area contributed by atoms with Crippen LogP contribution in [0, 0.1) is 22.2 Å². The second kappa shape index (κ2) is 16.6. The number of amides is 4. The summed E-state index contributed by atoms with van der Waals surface area (Å²) in [7, 11) is 0. The highest BCUT2D eigenvalue weighted by Gasteiger charge is 2.68. The van der Waals surface area contributed by atoms with Gasteiger partial charge in [0.15, 0.2) is 0 Å². The summed E-state index contributed by atoms with van der Waals surface area (Å²) in [5.74, 6) is 0.853. The molecule has 1 aliphatic carbocycles. The zero-order chi connectivity index (χ0) is 41.4. The number of likely N-dealkylation sites (tertiary alicyclic amines) is 1. The fraction of sp³-hybridized carbons (Fsp3) is 0.500. The monoisotopic (exact) mass is 809 g/mol. The van der Waals surface area contributed by atoms with Gasteiger partial charge in [0.05, 0.1) is 28.8 Å². The minimum absolute atomic E-state index is 0.170. The molecule has 1 atom stereocenters. The van der Waals surface area contributed by atoms with Crippen LogP contribution >= 0.6 is 11.6 Å². The molecular weight excluding hydrogens is 758 g/mol. The number of imide groups is 1. The number of ether oxygens (including phenoxy) is 2. The Morgan fingerprint density at radius 1 is 0.931 bits per heavy atom. The zero-order valence-electron chi connectivity index (χ0n) is 33.7. The molecule has 0 spiro atoms. The fourth-order valence-corrected chi connectivity index (χ4v) is 10.0. The van der Waals surface area contributed by atoms with E-state index in [1.807, 2.05) is 45.9 Å². The summed E-state index contributed by atoms with van der Waals surface area (Å²) < 4.78 is 12.5. The molecule has 3 aliphatic heterocycles. The van der Waals surface area contributed by atoms with Crippen LogP contribution in [0.4, 0.5) is 5.82 Å². The van der Waals surface area contributed by atoms with Gasteiger partial charge in [-0.05, 0) is 86.7 Å². The van der Waals surface area contributed by atoms with Gasteiger partial charge in [0.1, 0.15) is 35.5 Å². The number of anilines is 1. The molecule has 4 aliphatic rings. The van der Waals surface area contributed by atoms with Gasteiger partial charge >= 0.3 is 0 Å². The Morgan fingerprint density at radius 3 is 2.34 bits per heavy atom. The third kappa shape index (κ3) is 7.96. The number of aromatic nitrogens is 1. The highest BCUT2D eigenvalue weighted by molar-refractivity contribution is 6.31. The summed E-state index contributed by atoms with van der Waals surface area (Å²) in [5, 5.41) is 9.56. The number of piperazine rings is 1. The van der Waals surface area contributed by atoms with E-state index in [0.717, 1.165) is 69.1 Å². The van der Waals surface area contributed by atoms with Gasteiger partial charge in [0.2, 0.25) is 11.8 Å². The van der Waals surface area contributed by atoms with E-state index in [9.17, 15) is 24.4 Å². The number of hydrogen-bond acceptors (Lipinski definition) is 10. The van der Waals surface area contributed by atoms with Crippen molar-refractivity contribution in [3.05, 3.63) is 82.0 Å². The van der Waals surface area contributed by atoms with Crippen LogP contribution in [0.3, 0.4) is 0 Å². The predicted octanol–water partition coefficient (Wildman–Crippen LogP) is 5.47. The van der Waals surface area contributed by atoms with Gasteiger partial charge < -0.3 is 25.0 Å². The molecule has 7 rings (SSSR count). The number of benzene rings is 2. The molecule has 306 valence electrons. The van der Waals surface area contributed by atoms with Crippen LogP contribution in [0.25, 0.3) is 0 Å². The van der Waals surface area contributed by atoms with E-state index >= 15 is 0 Å². The molecule has 3 fully saturated rings. The summed E-state index contributed by atoms with van der Waals surface area (Å²) >= 11 is 6.28. The highest BCUT2D eigenvalue weighted by Crippen LogP contribution is 2.58. The maximum absolute atomic E-state index is 14.3. The van der Waals surface area contributed by atoms with E-state index in [1.54, 1.807) is 35.2 Å². The molecule has 0 bridgehead atoms. The van der Waals surface area contributed by atoms with Crippen molar-refractivity contribution in [1.82, 2.24) is 19.7 Å². The third-order valence-corrected chi connectivity index (χ3v) is 12.8. The molecule has 58 heavy (non-hydrogen) atoms. The standard InChI is InChI=1S/C44H52ClN7O6/c1-43(2)41(44(3,4)42(43)58-32-10-8-29(26-46)34(45)25-32)52-37(53)15-13-35(40(52)56)51-18-16-28-24-31(11-12-33(28)39(51)55)57-23-7-5-6-17-49-19-21-50(22-20-49)36-14-9-30(27-48-36)38(47)54/h8-12,14,24-25,27,35,41-42H,5-7,13,15-23H2,1-4H3,(H2,47,54). The van der Waals surface area contributed by atoms with Crippen molar-refractivity contribution in [2.24, 2.45) is 16.6 Å². The lowest BCUT2D eigenvalue weighted by molar-refractivity contribution is -0.216. The molecule has 13 nitrogen and oxygen atoms in total. The maximum Gasteiger partial charge on any atom is 0.254 e. The van der Waals surface area contributed by atoms with E-state index in [0.29, 0.717) is 47.0 Å². The molecule has 3 aromatic rings. The van der Waals surface area contributed by atoms with Gasteiger partial charge in [-0.3, -0.25) is 29.0 Å². The first-order valence-electron chi connectivity index (χ1n) is 20.2. The van der Waals surface area contributed by atoms with Gasteiger partial charge in [0.25, 0.3) is 11.8 Å². The van der Waals surface area contributed by atoms with Gasteiger partial charge in [-0.2, -0.15) is 5.26 Å². The number of carbonyl (C=O) groups excluding carboxylic acids is 4. The quantitative estimate of drug-likeness (QED) is 0.173. The second-order valence-corrected chi connectivity index (χ2v) is 17.4. The first kappa shape index (κ1) is 41.0. The molecule has 0 radical (unpaired) electrons. The highest BCUT2D eigenvalue weighted by atomic mass is 35.5. The number of fused-ring (bicyclic) bond motifs is 1. The number of unbranched alkanes of at least 4 members (excludes halogenated alkanes) is 2. The first-order chi connectivity index (χ1) is 27.7. The normalized spacial score (nSPS) is 22.9. The lowest BCUT2D eigenvalue weighted by atomic mass is 9.48. The lowest BCUT2D eigenvalue weighted by Crippen LogP contribution is -2.77. The van der Waals surface area contributed by atoms with E-state index < -0.39 is 28.8 Å². The molecule has 14 heteroatoms. The van der Waals surface area contributed by atoms with E-state index in [2.05, 4.69) is 20.9 Å². The predicted molar refractivity (Wildman–Crippen MR) is 219 cm³/mol. The average Bonchev–Trinajstić information content (AvgIpc) is 3.20. The van der Waals surface area contributed by atoms with Crippen molar-refractivity contribution in [3.8, 4) is 17.6 Å². The third-order valence-electron chi connectivity index (χ3n) is 12.4. The Labute approximate surface area is 345 Å². The maximum atomic E-state index is 14.3. The summed E-state index contributed by atoms with van der Waals surface area (Å²) in [6, 6.07) is 14.9. The van der Waals surface area contributed by atoms with Gasteiger partial charge in [-0.15, -0.1) is 0 Å². The molecule has 2 aromatic carbocycles. The van der Waals surface area contributed by atoms with Crippen molar-refractivity contribution >= 4 is 41.0 Å². The Hall–Kier alpha value is -5.19. The van der Waals surface area contributed by atoms with Crippen LogP contribution in [-0.4, -0.2) is 107 Å². The van der Waals surface area contributed by atoms with Crippen LogP contribution in [0.15, 0.2) is 54.7 Å². The van der Waals surface area contributed by atoms with E-state index in [-0.39, 0.29) is 36.7 Å². The fourth-order valence-electron chi connectivity index (χ4n) is 9.81. The molecule has 2 saturated heterocycles. The van der Waals surface area contributed by atoms with E-state index in [4.69, 9.17) is 26.8 Å². The van der Waals surface area contributed by atoms with Crippen LogP contribution in [0.2, 0.25) is 5.02 Å². The van der Waals surface area contributed by atoms with Gasteiger partial charge in [-0.25, -0.2) is 4.98 Å². The number of nitrogens with two attached hydrogens (primary N) is 1. The van der Waals surface area contributed by atoms with Crippen molar-refractivity contribution in [3.63, 3.8) is 0 Å². The number of primary amides is 1. The lowest BCUT2D eigenvalue weighted by Gasteiger charge is -2.66. The molecule has 1 saturated carbocycles. The van der Waals surface area contributed by atoms with Crippen molar-refractivity contribution in [2.45, 2.75) is 84.4 Å². The number of piperidine rings is 1. The van der Waals surface area contributed by atoms with Crippen molar-refractivity contribution < 1.29 is 28.7 Å². The molecule has 1 aromatic heterocycles. The molecule has 1 unspecified atom stereocenters. The van der Waals surface area contributed by atoms with Gasteiger partial charge in [0, 0.05) is 67.8 Å². The molecule has 2 N–H and O–H groups in total. The number of halogens is 1. The van der Waals surface area contributed by atoms with Crippen LogP contribution < -0.4 is 20.1 Å². The smallest absolute Gasteiger partial charge is 0.254 e. The summed E-state index contributed by atoms with van der Waals surface area (Å²) in [4.78, 5) is 65.2. The van der Waals surface area contributed by atoms with Crippen LogP contribution in [-0.2, 0) is 16.0 Å². The SMILES string of the molecule is CC1(C)C(Oc2ccc(C#N)c(Cl)c2)C(C)(C)C1N1C(=O)CCC(N2CCc3cc(OCCCCCN4CCN(c5ccc(C(N)=O)cn5)CC4)ccc3C2=O)C1=O. The van der Waals surface area contributed by atoms with Gasteiger partial charge in [-0.1, -0.05) is 39.3 Å². The average molecular weight is 810 g/mol. The summed E-state index contributed by atoms with van der Waals surface area (Å²) in [6.45, 7) is 13.6. The Kier molecular flexibility index (Phi) is 11.7. The minimum Gasteiger partial charge on any atom is -0.494 e. The Bertz CT molecular complexity index is 2090. The molecular formula is C44H52ClN7O6. The van der Waals surface area contributed by atoms with E-state index in [1.165, 1.54) is 11.1 Å². The minimum atomic E-state index is -0.735. The number of nitriles is 1. The number of rotatable bonds is 13. The summed E-state index contributed by atoms with van der Waals surface area (Å²) in [6.07, 6.45) is 5.25. The Morgan fingerprint density at radius 2 is 1.67 bits per heavy atom. The second-order valence-electron chi connectivity index (χ2n) is 17.0. The molecule has 4 heterocycles. The van der Waals surface area contributed by atoms with Crippen LogP contribution in [0.5, 0.6) is 11.5 Å². The summed E-state index contributed by atoms with van der Waals surface area (Å²) in [5.41, 5.74) is 6.35. The first-order valence-corrected chi connectivity index (χ1v) is 20.6. The molecule has 4 amide bonds. The number of carbonyl (C=O) groups is 4. The van der Waals surface area contributed by atoms with Crippen LogP contribution in [0.1, 0.15) is 91.6 Å². The number of pyridine rings is 1.